The van der Waals surface area contributed by atoms with E-state index in [1.54, 1.807) is 0 Å². The Morgan fingerprint density at radius 2 is 1.84 bits per heavy atom. The van der Waals surface area contributed by atoms with Crippen LogP contribution in [0, 0.1) is 0 Å². The van der Waals surface area contributed by atoms with Gasteiger partial charge in [0.05, 0.1) is 13.2 Å². The van der Waals surface area contributed by atoms with Gasteiger partial charge in [0.1, 0.15) is 11.6 Å². The molecule has 0 saturated carbocycles. The van der Waals surface area contributed by atoms with Gasteiger partial charge >= 0.3 is 6.09 Å². The number of carbonyl (C=O) groups is 1. The van der Waals surface area contributed by atoms with Crippen LogP contribution in [0.4, 0.5) is 4.79 Å². The molecule has 0 N–H and O–H groups in total. The molecule has 0 aliphatic carbocycles. The Balaban J connectivity index is 1.59. The van der Waals surface area contributed by atoms with E-state index in [1.807, 2.05) is 11.8 Å². The van der Waals surface area contributed by atoms with E-state index in [9.17, 15) is 4.79 Å². The summed E-state index contributed by atoms with van der Waals surface area (Å²) in [6.45, 7) is 10.3. The van der Waals surface area contributed by atoms with Crippen molar-refractivity contribution in [1.82, 2.24) is 24.6 Å². The highest BCUT2D eigenvalue weighted by molar-refractivity contribution is 5.67. The number of piperidine rings is 1. The molecule has 0 radical (unpaired) electrons. The van der Waals surface area contributed by atoms with E-state index in [2.05, 4.69) is 26.6 Å². The summed E-state index contributed by atoms with van der Waals surface area (Å²) in [6, 6.07) is 0. The highest BCUT2D eigenvalue weighted by Crippen LogP contribution is 2.28. The van der Waals surface area contributed by atoms with E-state index in [-0.39, 0.29) is 6.09 Å². The van der Waals surface area contributed by atoms with Crippen LogP contribution in [0.5, 0.6) is 0 Å². The standard InChI is InChI=1S/C18H31N5O2/c1-3-13-25-18(24)22-11-7-15(8-12-22)17-20-19-16(23(17)4-2)14-21-9-5-6-10-21/h15H,3-14H2,1-2H3. The zero-order chi connectivity index (χ0) is 17.6. The van der Waals surface area contributed by atoms with Gasteiger partial charge in [0.25, 0.3) is 0 Å². The van der Waals surface area contributed by atoms with Gasteiger partial charge in [-0.25, -0.2) is 4.79 Å². The molecule has 0 bridgehead atoms. The summed E-state index contributed by atoms with van der Waals surface area (Å²) < 4.78 is 7.53. The quantitative estimate of drug-likeness (QED) is 0.790. The average Bonchev–Trinajstić information content (AvgIpc) is 3.29. The number of ether oxygens (including phenoxy) is 1. The summed E-state index contributed by atoms with van der Waals surface area (Å²) >= 11 is 0. The molecule has 1 aromatic heterocycles. The topological polar surface area (TPSA) is 63.5 Å². The zero-order valence-corrected chi connectivity index (χ0v) is 15.6. The second-order valence-electron chi connectivity index (χ2n) is 7.08. The molecule has 0 spiro atoms. The number of hydrogen-bond acceptors (Lipinski definition) is 5. The molecule has 140 valence electrons. The van der Waals surface area contributed by atoms with E-state index in [0.29, 0.717) is 12.5 Å². The molecule has 25 heavy (non-hydrogen) atoms. The van der Waals surface area contributed by atoms with Crippen molar-refractivity contribution in [3.05, 3.63) is 11.6 Å². The summed E-state index contributed by atoms with van der Waals surface area (Å²) in [7, 11) is 0. The SMILES string of the molecule is CCCOC(=O)N1CCC(c2nnc(CN3CCCC3)n2CC)CC1. The molecule has 2 aliphatic rings. The van der Waals surface area contributed by atoms with Gasteiger partial charge in [-0.2, -0.15) is 0 Å². The lowest BCUT2D eigenvalue weighted by molar-refractivity contribution is 0.0921. The van der Waals surface area contributed by atoms with Gasteiger partial charge in [-0.05, 0) is 52.1 Å². The average molecular weight is 349 g/mol. The number of nitrogens with zero attached hydrogens (tertiary/aromatic N) is 5. The number of rotatable bonds is 6. The van der Waals surface area contributed by atoms with Crippen molar-refractivity contribution in [2.45, 2.75) is 65.0 Å². The highest BCUT2D eigenvalue weighted by atomic mass is 16.6. The smallest absolute Gasteiger partial charge is 0.409 e. The molecular formula is C18H31N5O2. The minimum Gasteiger partial charge on any atom is -0.449 e. The predicted octanol–water partition coefficient (Wildman–Crippen LogP) is 2.62. The number of amides is 1. The maximum absolute atomic E-state index is 12.0. The van der Waals surface area contributed by atoms with Crippen molar-refractivity contribution >= 4 is 6.09 Å². The molecule has 2 saturated heterocycles. The van der Waals surface area contributed by atoms with Gasteiger partial charge in [-0.3, -0.25) is 4.90 Å². The second-order valence-corrected chi connectivity index (χ2v) is 7.08. The first-order valence-corrected chi connectivity index (χ1v) is 9.79. The Bertz CT molecular complexity index is 560. The van der Waals surface area contributed by atoms with Crippen LogP contribution in [0.25, 0.3) is 0 Å². The Morgan fingerprint density at radius 3 is 2.48 bits per heavy atom. The molecule has 1 aromatic rings. The van der Waals surface area contributed by atoms with Crippen LogP contribution < -0.4 is 0 Å². The number of carbonyl (C=O) groups excluding carboxylic acids is 1. The van der Waals surface area contributed by atoms with Crippen LogP contribution in [-0.2, 0) is 17.8 Å². The summed E-state index contributed by atoms with van der Waals surface area (Å²) in [5, 5.41) is 9.01. The van der Waals surface area contributed by atoms with Gasteiger partial charge in [-0.15, -0.1) is 10.2 Å². The first kappa shape index (κ1) is 18.2. The van der Waals surface area contributed by atoms with E-state index < -0.39 is 0 Å². The lowest BCUT2D eigenvalue weighted by Crippen LogP contribution is -2.38. The summed E-state index contributed by atoms with van der Waals surface area (Å²) in [5.74, 6) is 2.57. The van der Waals surface area contributed by atoms with Crippen molar-refractivity contribution in [3.8, 4) is 0 Å². The molecule has 0 unspecified atom stereocenters. The normalized spacial score (nSPS) is 19.5. The molecule has 1 amide bonds. The third-order valence-corrected chi connectivity index (χ3v) is 5.28. The molecule has 2 aliphatic heterocycles. The maximum Gasteiger partial charge on any atom is 0.409 e. The van der Waals surface area contributed by atoms with E-state index in [1.165, 1.54) is 25.9 Å². The zero-order valence-electron chi connectivity index (χ0n) is 15.6. The summed E-state index contributed by atoms with van der Waals surface area (Å²) in [5.41, 5.74) is 0. The fourth-order valence-corrected chi connectivity index (χ4v) is 3.85. The lowest BCUT2D eigenvalue weighted by atomic mass is 9.96. The number of aromatic nitrogens is 3. The fraction of sp³-hybridized carbons (Fsp3) is 0.833. The van der Waals surface area contributed by atoms with Crippen LogP contribution in [0.15, 0.2) is 0 Å². The summed E-state index contributed by atoms with van der Waals surface area (Å²) in [4.78, 5) is 16.3. The van der Waals surface area contributed by atoms with Crippen molar-refractivity contribution in [2.24, 2.45) is 0 Å². The van der Waals surface area contributed by atoms with Gasteiger partial charge < -0.3 is 14.2 Å². The fourth-order valence-electron chi connectivity index (χ4n) is 3.85. The van der Waals surface area contributed by atoms with Crippen LogP contribution in [0.2, 0.25) is 0 Å². The Kier molecular flexibility index (Phi) is 6.29. The molecule has 0 aromatic carbocycles. The van der Waals surface area contributed by atoms with Crippen LogP contribution in [0.3, 0.4) is 0 Å². The first-order chi connectivity index (χ1) is 12.2. The molecule has 7 nitrogen and oxygen atoms in total. The van der Waals surface area contributed by atoms with E-state index >= 15 is 0 Å². The van der Waals surface area contributed by atoms with Crippen molar-refractivity contribution in [1.29, 1.82) is 0 Å². The van der Waals surface area contributed by atoms with Crippen molar-refractivity contribution in [3.63, 3.8) is 0 Å². The molecule has 0 atom stereocenters. The summed E-state index contributed by atoms with van der Waals surface area (Å²) in [6.07, 6.45) is 5.14. The molecule has 3 heterocycles. The number of likely N-dealkylation sites (tertiary alicyclic amines) is 2. The van der Waals surface area contributed by atoms with Gasteiger partial charge in [0.15, 0.2) is 0 Å². The van der Waals surface area contributed by atoms with Gasteiger partial charge in [0, 0.05) is 25.6 Å². The minimum absolute atomic E-state index is 0.174. The minimum atomic E-state index is -0.174. The van der Waals surface area contributed by atoms with E-state index in [4.69, 9.17) is 4.74 Å². The largest absolute Gasteiger partial charge is 0.449 e. The van der Waals surface area contributed by atoms with Gasteiger partial charge in [0.2, 0.25) is 0 Å². The lowest BCUT2D eigenvalue weighted by Gasteiger charge is -2.31. The monoisotopic (exact) mass is 349 g/mol. The molecule has 7 heteroatoms. The van der Waals surface area contributed by atoms with Crippen LogP contribution in [0.1, 0.15) is 63.5 Å². The number of hydrogen-bond donors (Lipinski definition) is 0. The third kappa shape index (κ3) is 4.32. The van der Waals surface area contributed by atoms with E-state index in [0.717, 1.165) is 57.1 Å². The molecule has 3 rings (SSSR count). The third-order valence-electron chi connectivity index (χ3n) is 5.28. The Labute approximate surface area is 150 Å². The highest BCUT2D eigenvalue weighted by Gasteiger charge is 2.28. The second kappa shape index (κ2) is 8.65. The maximum atomic E-state index is 12.0. The Hall–Kier alpha value is -1.63. The van der Waals surface area contributed by atoms with Crippen LogP contribution in [-0.4, -0.2) is 63.4 Å². The molecule has 2 fully saturated rings. The van der Waals surface area contributed by atoms with Crippen molar-refractivity contribution < 1.29 is 9.53 Å². The molecular weight excluding hydrogens is 318 g/mol. The van der Waals surface area contributed by atoms with Gasteiger partial charge in [-0.1, -0.05) is 6.92 Å². The van der Waals surface area contributed by atoms with Crippen LogP contribution >= 0.6 is 0 Å². The van der Waals surface area contributed by atoms with Crippen molar-refractivity contribution in [2.75, 3.05) is 32.8 Å². The first-order valence-electron chi connectivity index (χ1n) is 9.79. The predicted molar refractivity (Wildman–Crippen MR) is 95.4 cm³/mol. The Morgan fingerprint density at radius 1 is 1.12 bits per heavy atom.